The van der Waals surface area contributed by atoms with Gasteiger partial charge in [0, 0.05) is 69.0 Å². The topological polar surface area (TPSA) is 85.0 Å². The summed E-state index contributed by atoms with van der Waals surface area (Å²) in [6.07, 6.45) is 0.749. The molecule has 0 radical (unpaired) electrons. The summed E-state index contributed by atoms with van der Waals surface area (Å²) in [4.78, 5) is 45.7. The van der Waals surface area contributed by atoms with Gasteiger partial charge in [-0.25, -0.2) is 4.39 Å². The summed E-state index contributed by atoms with van der Waals surface area (Å²) in [5, 5.41) is 6.23. The molecule has 8 nitrogen and oxygen atoms in total. The Labute approximate surface area is 252 Å². The molecule has 2 fully saturated rings. The Balaban J connectivity index is 1.36. The number of halogens is 1. The third-order valence-corrected chi connectivity index (χ3v) is 8.12. The molecular weight excluding hydrogens is 545 g/mol. The van der Waals surface area contributed by atoms with Gasteiger partial charge in [0.15, 0.2) is 0 Å². The molecule has 226 valence electrons. The fourth-order valence-corrected chi connectivity index (χ4v) is 5.55. The molecule has 2 N–H and O–H groups in total. The molecule has 3 aromatic rings. The number of anilines is 2. The van der Waals surface area contributed by atoms with Crippen LogP contribution in [0.5, 0.6) is 0 Å². The highest BCUT2D eigenvalue weighted by atomic mass is 19.1. The van der Waals surface area contributed by atoms with Gasteiger partial charge < -0.3 is 25.3 Å². The Morgan fingerprint density at radius 1 is 0.721 bits per heavy atom. The molecule has 3 aromatic carbocycles. The zero-order valence-electron chi connectivity index (χ0n) is 25.2. The van der Waals surface area contributed by atoms with E-state index in [1.54, 1.807) is 17.0 Å². The van der Waals surface area contributed by atoms with Crippen LogP contribution >= 0.6 is 0 Å². The Morgan fingerprint density at radius 3 is 2.00 bits per heavy atom. The van der Waals surface area contributed by atoms with Crippen LogP contribution in [0.2, 0.25) is 0 Å². The van der Waals surface area contributed by atoms with E-state index in [0.717, 1.165) is 25.2 Å². The first-order valence-electron chi connectivity index (χ1n) is 15.0. The van der Waals surface area contributed by atoms with Crippen LogP contribution in [0.3, 0.4) is 0 Å². The number of rotatable bonds is 5. The minimum atomic E-state index is -0.422. The lowest BCUT2D eigenvalue weighted by molar-refractivity contribution is 0.0734. The quantitative estimate of drug-likeness (QED) is 0.451. The first kappa shape index (κ1) is 30.2. The second kappa shape index (κ2) is 13.0. The maximum Gasteiger partial charge on any atom is 0.255 e. The van der Waals surface area contributed by atoms with E-state index in [1.165, 1.54) is 29.8 Å². The molecule has 0 unspecified atom stereocenters. The number of benzene rings is 3. The van der Waals surface area contributed by atoms with Gasteiger partial charge in [0.05, 0.1) is 11.4 Å². The van der Waals surface area contributed by atoms with Crippen LogP contribution in [0.4, 0.5) is 15.8 Å². The minimum Gasteiger partial charge on any atom is -0.368 e. The molecule has 0 aromatic heterocycles. The van der Waals surface area contributed by atoms with Crippen LogP contribution in [0, 0.1) is 5.82 Å². The zero-order chi connectivity index (χ0) is 30.6. The van der Waals surface area contributed by atoms with Crippen molar-refractivity contribution in [3.05, 3.63) is 94.8 Å². The number of nitrogens with one attached hydrogen (secondary N) is 2. The smallest absolute Gasteiger partial charge is 0.255 e. The van der Waals surface area contributed by atoms with Crippen molar-refractivity contribution in [3.63, 3.8) is 0 Å². The Kier molecular flexibility index (Phi) is 9.11. The van der Waals surface area contributed by atoms with Gasteiger partial charge in [0.1, 0.15) is 5.82 Å². The molecule has 9 heteroatoms. The highest BCUT2D eigenvalue weighted by molar-refractivity contribution is 6.07. The third-order valence-electron chi connectivity index (χ3n) is 8.12. The number of amides is 3. The first-order chi connectivity index (χ1) is 20.6. The van der Waals surface area contributed by atoms with Crippen molar-refractivity contribution in [2.24, 2.45) is 0 Å². The van der Waals surface area contributed by atoms with E-state index >= 15 is 0 Å². The number of nitrogens with zero attached hydrogens (tertiary/aromatic N) is 3. The standard InChI is InChI=1S/C34H40FN5O3/c1-34(2,3)27-10-5-25(6-11-27)32(42)39-18-4-17-38(21-22-39)30-14-9-26(33(43)40-19-15-36-16-20-40)23-29(30)37-31(41)24-7-12-28(35)13-8-24/h5-14,23,36H,4,15-22H2,1-3H3,(H,37,41). The minimum absolute atomic E-state index is 0.00381. The average molecular weight is 586 g/mol. The van der Waals surface area contributed by atoms with Crippen LogP contribution in [0.1, 0.15) is 63.8 Å². The highest BCUT2D eigenvalue weighted by Gasteiger charge is 2.25. The van der Waals surface area contributed by atoms with Crippen molar-refractivity contribution in [3.8, 4) is 0 Å². The lowest BCUT2D eigenvalue weighted by Gasteiger charge is -2.29. The first-order valence-corrected chi connectivity index (χ1v) is 15.0. The Bertz CT molecular complexity index is 1460. The number of carbonyl (C=O) groups excluding carboxylic acids is 3. The molecule has 0 spiro atoms. The van der Waals surface area contributed by atoms with Crippen LogP contribution < -0.4 is 15.5 Å². The second-order valence-corrected chi connectivity index (χ2v) is 12.2. The predicted molar refractivity (Wildman–Crippen MR) is 167 cm³/mol. The summed E-state index contributed by atoms with van der Waals surface area (Å²) in [6.45, 7) is 11.5. The van der Waals surface area contributed by atoms with Gasteiger partial charge in [-0.2, -0.15) is 0 Å². The molecule has 2 saturated heterocycles. The molecule has 0 atom stereocenters. The van der Waals surface area contributed by atoms with Crippen molar-refractivity contribution in [2.75, 3.05) is 62.6 Å². The summed E-state index contributed by atoms with van der Waals surface area (Å²) in [5.74, 6) is -0.896. The molecule has 43 heavy (non-hydrogen) atoms. The molecule has 2 aliphatic heterocycles. The van der Waals surface area contributed by atoms with Crippen molar-refractivity contribution < 1.29 is 18.8 Å². The van der Waals surface area contributed by atoms with Gasteiger partial charge in [-0.1, -0.05) is 32.9 Å². The summed E-state index contributed by atoms with van der Waals surface area (Å²) in [5.41, 5.74) is 3.95. The summed E-state index contributed by atoms with van der Waals surface area (Å²) < 4.78 is 13.5. The molecular formula is C34H40FN5O3. The molecule has 2 aliphatic rings. The SMILES string of the molecule is CC(C)(C)c1ccc(C(=O)N2CCCN(c3ccc(C(=O)N4CCNCC4)cc3NC(=O)c3ccc(F)cc3)CC2)cc1. The van der Waals surface area contributed by atoms with Crippen molar-refractivity contribution >= 4 is 29.1 Å². The van der Waals surface area contributed by atoms with Crippen molar-refractivity contribution in [1.29, 1.82) is 0 Å². The number of piperazine rings is 1. The normalized spacial score (nSPS) is 16.0. The number of hydrogen-bond donors (Lipinski definition) is 2. The molecule has 2 heterocycles. The molecule has 0 bridgehead atoms. The third kappa shape index (κ3) is 7.22. The number of hydrogen-bond acceptors (Lipinski definition) is 5. The maximum absolute atomic E-state index is 13.5. The second-order valence-electron chi connectivity index (χ2n) is 12.2. The van der Waals surface area contributed by atoms with Crippen molar-refractivity contribution in [2.45, 2.75) is 32.6 Å². The molecule has 5 rings (SSSR count). The lowest BCUT2D eigenvalue weighted by Crippen LogP contribution is -2.46. The van der Waals surface area contributed by atoms with E-state index in [0.29, 0.717) is 61.6 Å². The van der Waals surface area contributed by atoms with Crippen LogP contribution in [-0.2, 0) is 5.41 Å². The Hall–Kier alpha value is -4.24. The molecule has 0 aliphatic carbocycles. The van der Waals surface area contributed by atoms with E-state index in [-0.39, 0.29) is 17.2 Å². The summed E-state index contributed by atoms with van der Waals surface area (Å²) in [6, 6.07) is 18.6. The summed E-state index contributed by atoms with van der Waals surface area (Å²) in [7, 11) is 0. The lowest BCUT2D eigenvalue weighted by atomic mass is 9.86. The number of carbonyl (C=O) groups is 3. The average Bonchev–Trinajstić information content (AvgIpc) is 3.27. The highest BCUT2D eigenvalue weighted by Crippen LogP contribution is 2.30. The van der Waals surface area contributed by atoms with Gasteiger partial charge in [-0.3, -0.25) is 14.4 Å². The van der Waals surface area contributed by atoms with E-state index in [9.17, 15) is 18.8 Å². The van der Waals surface area contributed by atoms with Crippen molar-refractivity contribution in [1.82, 2.24) is 15.1 Å². The van der Waals surface area contributed by atoms with Gasteiger partial charge in [-0.05, 0) is 72.0 Å². The van der Waals surface area contributed by atoms with E-state index < -0.39 is 11.7 Å². The van der Waals surface area contributed by atoms with Gasteiger partial charge in [0.25, 0.3) is 17.7 Å². The fraction of sp³-hybridized carbons (Fsp3) is 0.382. The summed E-state index contributed by atoms with van der Waals surface area (Å²) >= 11 is 0. The van der Waals surface area contributed by atoms with E-state index in [1.807, 2.05) is 35.2 Å². The fourth-order valence-electron chi connectivity index (χ4n) is 5.55. The predicted octanol–water partition coefficient (Wildman–Crippen LogP) is 4.77. The van der Waals surface area contributed by atoms with Gasteiger partial charge in [0.2, 0.25) is 0 Å². The zero-order valence-corrected chi connectivity index (χ0v) is 25.2. The monoisotopic (exact) mass is 585 g/mol. The van der Waals surface area contributed by atoms with Gasteiger partial charge in [-0.15, -0.1) is 0 Å². The van der Waals surface area contributed by atoms with E-state index in [2.05, 4.69) is 36.3 Å². The van der Waals surface area contributed by atoms with Crippen LogP contribution in [0.25, 0.3) is 0 Å². The molecule has 0 saturated carbocycles. The Morgan fingerprint density at radius 2 is 1.33 bits per heavy atom. The van der Waals surface area contributed by atoms with E-state index in [4.69, 9.17) is 0 Å². The molecule has 3 amide bonds. The van der Waals surface area contributed by atoms with Crippen LogP contribution in [-0.4, -0.2) is 79.9 Å². The largest absolute Gasteiger partial charge is 0.368 e. The van der Waals surface area contributed by atoms with Gasteiger partial charge >= 0.3 is 0 Å². The maximum atomic E-state index is 13.5. The van der Waals surface area contributed by atoms with Crippen LogP contribution in [0.15, 0.2) is 66.7 Å².